The number of hydrogen-bond donors (Lipinski definition) is 1. The maximum atomic E-state index is 5.72. The molecule has 1 aromatic heterocycles. The average molecular weight is 243 g/mol. The van der Waals surface area contributed by atoms with Crippen molar-refractivity contribution in [3.8, 4) is 5.88 Å². The van der Waals surface area contributed by atoms with Crippen LogP contribution < -0.4 is 10.1 Å². The number of pyridine rings is 1. The van der Waals surface area contributed by atoms with E-state index in [0.717, 1.165) is 19.4 Å². The lowest BCUT2D eigenvalue weighted by atomic mass is 10.2. The molecule has 0 aliphatic carbocycles. The van der Waals surface area contributed by atoms with Gasteiger partial charge in [-0.05, 0) is 18.9 Å². The summed E-state index contributed by atoms with van der Waals surface area (Å²) in [5.41, 5.74) is 0. The van der Waals surface area contributed by atoms with Gasteiger partial charge in [0.2, 0.25) is 5.88 Å². The van der Waals surface area contributed by atoms with E-state index in [-0.39, 0.29) is 0 Å². The molecule has 0 fully saturated rings. The Balaban J connectivity index is 2.18. The molecule has 0 bridgehead atoms. The minimum atomic E-state index is 0.585. The molecule has 0 saturated carbocycles. The fourth-order valence-corrected chi connectivity index (χ4v) is 1.56. The second kappa shape index (κ2) is 7.47. The fraction of sp³-hybridized carbons (Fsp3) is 0.583. The second-order valence-corrected chi connectivity index (χ2v) is 4.07. The molecule has 1 aromatic rings. The third-order valence-electron chi connectivity index (χ3n) is 2.47. The normalized spacial score (nSPS) is 10.8. The zero-order chi connectivity index (χ0) is 11.8. The summed E-state index contributed by atoms with van der Waals surface area (Å²) in [7, 11) is 0. The SMILES string of the molecule is CCC(CC)NCCOc1ccc(Cl)cn1. The molecule has 16 heavy (non-hydrogen) atoms. The fourth-order valence-electron chi connectivity index (χ4n) is 1.44. The van der Waals surface area contributed by atoms with Crippen molar-refractivity contribution in [3.05, 3.63) is 23.4 Å². The van der Waals surface area contributed by atoms with Crippen LogP contribution in [0.15, 0.2) is 18.3 Å². The maximum Gasteiger partial charge on any atom is 0.213 e. The highest BCUT2D eigenvalue weighted by molar-refractivity contribution is 6.30. The lowest BCUT2D eigenvalue weighted by Gasteiger charge is -2.14. The molecule has 0 amide bonds. The number of rotatable bonds is 7. The van der Waals surface area contributed by atoms with Crippen molar-refractivity contribution < 1.29 is 4.74 Å². The van der Waals surface area contributed by atoms with Gasteiger partial charge in [-0.1, -0.05) is 25.4 Å². The van der Waals surface area contributed by atoms with Gasteiger partial charge in [0.25, 0.3) is 0 Å². The van der Waals surface area contributed by atoms with Crippen LogP contribution in [0.4, 0.5) is 0 Å². The van der Waals surface area contributed by atoms with Crippen molar-refractivity contribution in [3.63, 3.8) is 0 Å². The van der Waals surface area contributed by atoms with Crippen molar-refractivity contribution in [2.75, 3.05) is 13.2 Å². The molecule has 1 heterocycles. The molecule has 0 atom stereocenters. The monoisotopic (exact) mass is 242 g/mol. The van der Waals surface area contributed by atoms with Gasteiger partial charge in [-0.15, -0.1) is 0 Å². The van der Waals surface area contributed by atoms with Crippen molar-refractivity contribution in [2.24, 2.45) is 0 Å². The summed E-state index contributed by atoms with van der Waals surface area (Å²) < 4.78 is 5.47. The summed E-state index contributed by atoms with van der Waals surface area (Å²) in [6.07, 6.45) is 3.89. The van der Waals surface area contributed by atoms with Crippen LogP contribution in [0.5, 0.6) is 5.88 Å². The Labute approximate surface area is 102 Å². The Morgan fingerprint density at radius 3 is 2.69 bits per heavy atom. The van der Waals surface area contributed by atoms with Gasteiger partial charge in [-0.2, -0.15) is 0 Å². The van der Waals surface area contributed by atoms with E-state index >= 15 is 0 Å². The molecule has 1 rings (SSSR count). The topological polar surface area (TPSA) is 34.1 Å². The first-order valence-electron chi connectivity index (χ1n) is 5.74. The van der Waals surface area contributed by atoms with Gasteiger partial charge >= 0.3 is 0 Å². The molecule has 0 saturated heterocycles. The van der Waals surface area contributed by atoms with Crippen molar-refractivity contribution in [1.82, 2.24) is 10.3 Å². The summed E-state index contributed by atoms with van der Waals surface area (Å²) in [6.45, 7) is 5.84. The number of nitrogens with one attached hydrogen (secondary N) is 1. The first-order valence-corrected chi connectivity index (χ1v) is 6.11. The molecule has 3 nitrogen and oxygen atoms in total. The van der Waals surface area contributed by atoms with E-state index in [1.54, 1.807) is 18.3 Å². The summed E-state index contributed by atoms with van der Waals surface area (Å²) >= 11 is 5.72. The molecule has 1 N–H and O–H groups in total. The quantitative estimate of drug-likeness (QED) is 0.747. The van der Waals surface area contributed by atoms with E-state index < -0.39 is 0 Å². The smallest absolute Gasteiger partial charge is 0.213 e. The lowest BCUT2D eigenvalue weighted by Crippen LogP contribution is -2.31. The molecule has 0 radical (unpaired) electrons. The average Bonchev–Trinajstić information content (AvgIpc) is 2.32. The van der Waals surface area contributed by atoms with Crippen LogP contribution in [0.1, 0.15) is 26.7 Å². The van der Waals surface area contributed by atoms with Gasteiger partial charge in [0.1, 0.15) is 6.61 Å². The van der Waals surface area contributed by atoms with Crippen molar-refractivity contribution in [1.29, 1.82) is 0 Å². The predicted molar refractivity (Wildman–Crippen MR) is 67.1 cm³/mol. The van der Waals surface area contributed by atoms with E-state index in [2.05, 4.69) is 24.1 Å². The van der Waals surface area contributed by atoms with Gasteiger partial charge in [-0.3, -0.25) is 0 Å². The highest BCUT2D eigenvalue weighted by Gasteiger charge is 2.01. The van der Waals surface area contributed by atoms with E-state index in [0.29, 0.717) is 23.6 Å². The minimum absolute atomic E-state index is 0.585. The van der Waals surface area contributed by atoms with E-state index in [1.807, 2.05) is 0 Å². The number of ether oxygens (including phenoxy) is 1. The van der Waals surface area contributed by atoms with Crippen LogP contribution in [0, 0.1) is 0 Å². The van der Waals surface area contributed by atoms with Crippen LogP contribution >= 0.6 is 11.6 Å². The summed E-state index contributed by atoms with van der Waals surface area (Å²) in [5.74, 6) is 0.621. The van der Waals surface area contributed by atoms with Crippen LogP contribution in [0.25, 0.3) is 0 Å². The zero-order valence-corrected chi connectivity index (χ0v) is 10.6. The molecular weight excluding hydrogens is 224 g/mol. The third-order valence-corrected chi connectivity index (χ3v) is 2.69. The molecule has 4 heteroatoms. The maximum absolute atomic E-state index is 5.72. The lowest BCUT2D eigenvalue weighted by molar-refractivity contribution is 0.292. The van der Waals surface area contributed by atoms with E-state index in [4.69, 9.17) is 16.3 Å². The number of halogens is 1. The van der Waals surface area contributed by atoms with Gasteiger partial charge < -0.3 is 10.1 Å². The largest absolute Gasteiger partial charge is 0.476 e. The zero-order valence-electron chi connectivity index (χ0n) is 9.87. The summed E-state index contributed by atoms with van der Waals surface area (Å²) in [6, 6.07) is 4.14. The van der Waals surface area contributed by atoms with Crippen LogP contribution in [-0.2, 0) is 0 Å². The van der Waals surface area contributed by atoms with E-state index in [1.165, 1.54) is 0 Å². The Morgan fingerprint density at radius 2 is 2.12 bits per heavy atom. The molecule has 0 aliphatic heterocycles. The number of hydrogen-bond acceptors (Lipinski definition) is 3. The number of nitrogens with zero attached hydrogens (tertiary/aromatic N) is 1. The van der Waals surface area contributed by atoms with Crippen LogP contribution in [-0.4, -0.2) is 24.2 Å². The van der Waals surface area contributed by atoms with Gasteiger partial charge in [-0.25, -0.2) is 4.98 Å². The van der Waals surface area contributed by atoms with Crippen molar-refractivity contribution >= 4 is 11.6 Å². The van der Waals surface area contributed by atoms with Crippen LogP contribution in [0.2, 0.25) is 5.02 Å². The Bertz CT molecular complexity index is 286. The molecule has 0 spiro atoms. The molecular formula is C12H19ClN2O. The number of aromatic nitrogens is 1. The van der Waals surface area contributed by atoms with Gasteiger partial charge in [0.05, 0.1) is 5.02 Å². The highest BCUT2D eigenvalue weighted by Crippen LogP contribution is 2.10. The second-order valence-electron chi connectivity index (χ2n) is 3.63. The standard InChI is InChI=1S/C12H19ClN2O/c1-3-11(4-2)14-7-8-16-12-6-5-10(13)9-15-12/h5-6,9,11,14H,3-4,7-8H2,1-2H3. The van der Waals surface area contributed by atoms with Gasteiger partial charge in [0, 0.05) is 24.8 Å². The minimum Gasteiger partial charge on any atom is -0.476 e. The molecule has 0 aromatic carbocycles. The third kappa shape index (κ3) is 4.81. The summed E-state index contributed by atoms with van der Waals surface area (Å²) in [5, 5.41) is 4.05. The van der Waals surface area contributed by atoms with Crippen LogP contribution in [0.3, 0.4) is 0 Å². The van der Waals surface area contributed by atoms with Gasteiger partial charge in [0.15, 0.2) is 0 Å². The Morgan fingerprint density at radius 1 is 1.38 bits per heavy atom. The molecule has 0 aliphatic rings. The highest BCUT2D eigenvalue weighted by atomic mass is 35.5. The molecule has 0 unspecified atom stereocenters. The molecule has 90 valence electrons. The first kappa shape index (κ1) is 13.3. The van der Waals surface area contributed by atoms with E-state index in [9.17, 15) is 0 Å². The van der Waals surface area contributed by atoms with Crippen molar-refractivity contribution in [2.45, 2.75) is 32.7 Å². The Hall–Kier alpha value is -0.800. The summed E-state index contributed by atoms with van der Waals surface area (Å²) in [4.78, 5) is 4.05. The first-order chi connectivity index (χ1) is 7.76. The Kier molecular flexibility index (Phi) is 6.19. The predicted octanol–water partition coefficient (Wildman–Crippen LogP) is 2.89.